The number of hydrogen-bond acceptors (Lipinski definition) is 3. The van der Waals surface area contributed by atoms with Gasteiger partial charge < -0.3 is 15.0 Å². The van der Waals surface area contributed by atoms with Crippen LogP contribution in [-0.4, -0.2) is 49.6 Å². The molecule has 1 aliphatic heterocycles. The molecule has 0 saturated carbocycles. The number of carbonyl (C=O) groups excluding carboxylic acids is 2. The fourth-order valence-electron chi connectivity index (χ4n) is 3.29. The molecule has 3 unspecified atom stereocenters. The molecule has 3 atom stereocenters. The molecule has 0 radical (unpaired) electrons. The van der Waals surface area contributed by atoms with E-state index in [1.165, 1.54) is 4.90 Å². The highest BCUT2D eigenvalue weighted by molar-refractivity contribution is 5.90. The molecule has 1 saturated heterocycles. The highest BCUT2D eigenvalue weighted by Crippen LogP contribution is 2.32. The van der Waals surface area contributed by atoms with Gasteiger partial charge in [0.05, 0.1) is 0 Å². The Hall–Kier alpha value is -1.88. The van der Waals surface area contributed by atoms with Gasteiger partial charge in [-0.1, -0.05) is 44.2 Å². The van der Waals surface area contributed by atoms with Crippen molar-refractivity contribution in [3.05, 3.63) is 35.9 Å². The lowest BCUT2D eigenvalue weighted by Crippen LogP contribution is -2.53. The molecule has 2 amide bonds. The van der Waals surface area contributed by atoms with E-state index in [0.29, 0.717) is 6.61 Å². The summed E-state index contributed by atoms with van der Waals surface area (Å²) in [5, 5.41) is 2.64. The zero-order valence-corrected chi connectivity index (χ0v) is 14.3. The highest BCUT2D eigenvalue weighted by atomic mass is 16.5. The molecular formula is C18H26N2O3. The summed E-state index contributed by atoms with van der Waals surface area (Å²) < 4.78 is 5.72. The summed E-state index contributed by atoms with van der Waals surface area (Å²) in [5.74, 6) is -0.201. The fourth-order valence-corrected chi connectivity index (χ4v) is 3.29. The zero-order valence-electron chi connectivity index (χ0n) is 14.3. The van der Waals surface area contributed by atoms with Gasteiger partial charge in [0, 0.05) is 26.6 Å². The van der Waals surface area contributed by atoms with Crippen LogP contribution in [0.4, 0.5) is 0 Å². The molecule has 0 bridgehead atoms. The number of amides is 2. The van der Waals surface area contributed by atoms with Gasteiger partial charge >= 0.3 is 0 Å². The maximum absolute atomic E-state index is 12.9. The molecule has 5 nitrogen and oxygen atoms in total. The number of carbonyl (C=O) groups is 2. The maximum atomic E-state index is 12.9. The molecular weight excluding hydrogens is 292 g/mol. The minimum absolute atomic E-state index is 0.0282. The Morgan fingerprint density at radius 3 is 2.48 bits per heavy atom. The Balaban J connectivity index is 2.19. The van der Waals surface area contributed by atoms with Gasteiger partial charge in [-0.15, -0.1) is 0 Å². The lowest BCUT2D eigenvalue weighted by Gasteiger charge is -2.32. The van der Waals surface area contributed by atoms with E-state index in [-0.39, 0.29) is 23.7 Å². The molecule has 0 aliphatic carbocycles. The average molecular weight is 318 g/mol. The molecule has 23 heavy (non-hydrogen) atoms. The van der Waals surface area contributed by atoms with Crippen LogP contribution < -0.4 is 5.32 Å². The van der Waals surface area contributed by atoms with Crippen molar-refractivity contribution >= 4 is 11.8 Å². The van der Waals surface area contributed by atoms with E-state index in [0.717, 1.165) is 12.0 Å². The Morgan fingerprint density at radius 2 is 1.91 bits per heavy atom. The summed E-state index contributed by atoms with van der Waals surface area (Å²) in [4.78, 5) is 26.6. The van der Waals surface area contributed by atoms with E-state index < -0.39 is 12.1 Å². The van der Waals surface area contributed by atoms with Crippen LogP contribution in [-0.2, 0) is 14.3 Å². The summed E-state index contributed by atoms with van der Waals surface area (Å²) in [6, 6.07) is 9.47. The molecule has 0 spiro atoms. The Kier molecular flexibility index (Phi) is 5.77. The third-order valence-electron chi connectivity index (χ3n) is 4.47. The number of likely N-dealkylation sites (N-methyl/N-ethyl adjacent to an activating group) is 2. The first-order valence-electron chi connectivity index (χ1n) is 8.12. The van der Waals surface area contributed by atoms with Gasteiger partial charge in [0.25, 0.3) is 5.91 Å². The van der Waals surface area contributed by atoms with E-state index in [4.69, 9.17) is 4.74 Å². The number of nitrogens with zero attached hydrogens (tertiary/aromatic N) is 1. The van der Waals surface area contributed by atoms with Crippen molar-refractivity contribution in [1.29, 1.82) is 0 Å². The van der Waals surface area contributed by atoms with E-state index >= 15 is 0 Å². The number of benzene rings is 1. The normalized spacial score (nSPS) is 22.0. The summed E-state index contributed by atoms with van der Waals surface area (Å²) in [5.41, 5.74) is 1.11. The number of rotatable bonds is 5. The van der Waals surface area contributed by atoms with Crippen LogP contribution in [0.25, 0.3) is 0 Å². The molecule has 1 aromatic carbocycles. The van der Waals surface area contributed by atoms with Gasteiger partial charge in [-0.3, -0.25) is 9.59 Å². The number of hydrogen-bond donors (Lipinski definition) is 1. The average Bonchev–Trinajstić information content (AvgIpc) is 3.04. The van der Waals surface area contributed by atoms with Crippen LogP contribution in [0, 0.1) is 5.92 Å². The predicted octanol–water partition coefficient (Wildman–Crippen LogP) is 1.79. The van der Waals surface area contributed by atoms with Crippen LogP contribution in [0.1, 0.15) is 31.7 Å². The SMILES string of the molecule is CNC(=O)C(C(C)C)N(C)C(=O)C1OCCC1c1ccccc1. The van der Waals surface area contributed by atoms with Gasteiger partial charge in [0.1, 0.15) is 12.1 Å². The quantitative estimate of drug-likeness (QED) is 0.900. The van der Waals surface area contributed by atoms with Gasteiger partial charge in [0.15, 0.2) is 0 Å². The third-order valence-corrected chi connectivity index (χ3v) is 4.47. The summed E-state index contributed by atoms with van der Waals surface area (Å²) in [7, 11) is 3.28. The summed E-state index contributed by atoms with van der Waals surface area (Å²) in [6.07, 6.45) is 0.300. The monoisotopic (exact) mass is 318 g/mol. The standard InChI is InChI=1S/C18H26N2O3/c1-12(2)15(17(21)19-3)20(4)18(22)16-14(10-11-23-16)13-8-6-5-7-9-13/h5-9,12,14-16H,10-11H2,1-4H3,(H,19,21). The first-order valence-corrected chi connectivity index (χ1v) is 8.12. The lowest BCUT2D eigenvalue weighted by atomic mass is 9.91. The van der Waals surface area contributed by atoms with Crippen molar-refractivity contribution in [3.8, 4) is 0 Å². The van der Waals surface area contributed by atoms with Crippen LogP contribution in [0.15, 0.2) is 30.3 Å². The van der Waals surface area contributed by atoms with E-state index in [1.54, 1.807) is 14.1 Å². The fraction of sp³-hybridized carbons (Fsp3) is 0.556. The lowest BCUT2D eigenvalue weighted by molar-refractivity contribution is -0.148. The smallest absolute Gasteiger partial charge is 0.252 e. The van der Waals surface area contributed by atoms with Crippen molar-refractivity contribution in [1.82, 2.24) is 10.2 Å². The maximum Gasteiger partial charge on any atom is 0.252 e. The van der Waals surface area contributed by atoms with Crippen LogP contribution in [0.2, 0.25) is 0 Å². The molecule has 2 rings (SSSR count). The second-order valence-electron chi connectivity index (χ2n) is 6.35. The van der Waals surface area contributed by atoms with Gasteiger partial charge in [-0.25, -0.2) is 0 Å². The molecule has 1 heterocycles. The minimum Gasteiger partial charge on any atom is -0.368 e. The first kappa shape index (κ1) is 17.5. The van der Waals surface area contributed by atoms with Crippen molar-refractivity contribution in [2.24, 2.45) is 5.92 Å². The van der Waals surface area contributed by atoms with E-state index in [1.807, 2.05) is 44.2 Å². The zero-order chi connectivity index (χ0) is 17.0. The van der Waals surface area contributed by atoms with Gasteiger partial charge in [-0.05, 0) is 17.9 Å². The topological polar surface area (TPSA) is 58.6 Å². The van der Waals surface area contributed by atoms with Crippen molar-refractivity contribution in [2.75, 3.05) is 20.7 Å². The number of ether oxygens (including phenoxy) is 1. The first-order chi connectivity index (χ1) is 11.0. The van der Waals surface area contributed by atoms with Gasteiger partial charge in [-0.2, -0.15) is 0 Å². The molecule has 1 fully saturated rings. The highest BCUT2D eigenvalue weighted by Gasteiger charge is 2.40. The molecule has 1 N–H and O–H groups in total. The summed E-state index contributed by atoms with van der Waals surface area (Å²) >= 11 is 0. The second kappa shape index (κ2) is 7.59. The Bertz CT molecular complexity index is 544. The van der Waals surface area contributed by atoms with Crippen LogP contribution in [0.5, 0.6) is 0 Å². The van der Waals surface area contributed by atoms with E-state index in [9.17, 15) is 9.59 Å². The predicted molar refractivity (Wildman–Crippen MR) is 89.0 cm³/mol. The molecule has 5 heteroatoms. The molecule has 1 aromatic rings. The third kappa shape index (κ3) is 3.72. The molecule has 1 aliphatic rings. The minimum atomic E-state index is -0.520. The van der Waals surface area contributed by atoms with Crippen molar-refractivity contribution in [2.45, 2.75) is 38.3 Å². The van der Waals surface area contributed by atoms with Crippen molar-refractivity contribution in [3.63, 3.8) is 0 Å². The molecule has 126 valence electrons. The van der Waals surface area contributed by atoms with Crippen LogP contribution >= 0.6 is 0 Å². The number of nitrogens with one attached hydrogen (secondary N) is 1. The van der Waals surface area contributed by atoms with Gasteiger partial charge in [0.2, 0.25) is 5.91 Å². The van der Waals surface area contributed by atoms with Crippen LogP contribution in [0.3, 0.4) is 0 Å². The molecule has 0 aromatic heterocycles. The Labute approximate surface area is 138 Å². The second-order valence-corrected chi connectivity index (χ2v) is 6.35. The largest absolute Gasteiger partial charge is 0.368 e. The van der Waals surface area contributed by atoms with E-state index in [2.05, 4.69) is 5.32 Å². The summed E-state index contributed by atoms with van der Waals surface area (Å²) in [6.45, 7) is 4.44. The van der Waals surface area contributed by atoms with Crippen molar-refractivity contribution < 1.29 is 14.3 Å². The Morgan fingerprint density at radius 1 is 1.26 bits per heavy atom.